The van der Waals surface area contributed by atoms with E-state index in [0.29, 0.717) is 12.3 Å². The Morgan fingerprint density at radius 2 is 2.00 bits per heavy atom. The van der Waals surface area contributed by atoms with Crippen LogP contribution < -0.4 is 5.32 Å². The fourth-order valence-corrected chi connectivity index (χ4v) is 4.13. The lowest BCUT2D eigenvalue weighted by Crippen LogP contribution is -2.37. The molecule has 0 unspecified atom stereocenters. The van der Waals surface area contributed by atoms with Crippen molar-refractivity contribution in [3.63, 3.8) is 0 Å². The van der Waals surface area contributed by atoms with Gasteiger partial charge >= 0.3 is 0 Å². The summed E-state index contributed by atoms with van der Waals surface area (Å²) in [5, 5.41) is 3.03. The second-order valence-electron chi connectivity index (χ2n) is 7.85. The van der Waals surface area contributed by atoms with E-state index in [9.17, 15) is 4.79 Å². The van der Waals surface area contributed by atoms with Gasteiger partial charge in [0.15, 0.2) is 0 Å². The van der Waals surface area contributed by atoms with Gasteiger partial charge in [-0.05, 0) is 88.1 Å². The molecule has 136 valence electrons. The van der Waals surface area contributed by atoms with Gasteiger partial charge in [0.2, 0.25) is 5.91 Å². The van der Waals surface area contributed by atoms with Gasteiger partial charge in [0, 0.05) is 18.7 Å². The van der Waals surface area contributed by atoms with Crippen molar-refractivity contribution in [2.75, 3.05) is 25.0 Å². The van der Waals surface area contributed by atoms with Gasteiger partial charge in [-0.2, -0.15) is 0 Å². The van der Waals surface area contributed by atoms with Crippen LogP contribution >= 0.6 is 0 Å². The number of anilines is 1. The molecular formula is C22H32N2O. The molecule has 1 N–H and O–H groups in total. The molecule has 25 heavy (non-hydrogen) atoms. The first kappa shape index (κ1) is 18.2. The molecule has 1 aliphatic heterocycles. The standard InChI is InChI=1S/C22H32N2O/c1-18-6-5-9-21(16-18)23-22(25)11-10-19-12-14-24(15-13-19)17-20-7-3-2-4-8-20/h2-3,5-6,9,16,19-20H,4,7-8,10-15,17H2,1H3,(H,23,25)/t20-/m1/s1. The van der Waals surface area contributed by atoms with Crippen LogP contribution in [0.1, 0.15) is 50.5 Å². The van der Waals surface area contributed by atoms with Crippen LogP contribution in [0.5, 0.6) is 0 Å². The highest BCUT2D eigenvalue weighted by Gasteiger charge is 2.22. The van der Waals surface area contributed by atoms with Gasteiger partial charge < -0.3 is 10.2 Å². The van der Waals surface area contributed by atoms with Crippen LogP contribution in [0, 0.1) is 18.8 Å². The third-order valence-electron chi connectivity index (χ3n) is 5.68. The van der Waals surface area contributed by atoms with Crippen LogP contribution in [0.25, 0.3) is 0 Å². The summed E-state index contributed by atoms with van der Waals surface area (Å²) in [6.07, 6.45) is 12.7. The van der Waals surface area contributed by atoms with Crippen molar-refractivity contribution in [1.29, 1.82) is 0 Å². The van der Waals surface area contributed by atoms with Crippen LogP contribution in [0.3, 0.4) is 0 Å². The number of carbonyl (C=O) groups excluding carboxylic acids is 1. The predicted molar refractivity (Wildman–Crippen MR) is 105 cm³/mol. The maximum absolute atomic E-state index is 12.2. The SMILES string of the molecule is Cc1cccc(NC(=O)CCC2CCN(C[C@@H]3CC=CCC3)CC2)c1. The lowest BCUT2D eigenvalue weighted by molar-refractivity contribution is -0.116. The molecule has 3 heteroatoms. The van der Waals surface area contributed by atoms with E-state index in [2.05, 4.69) is 22.4 Å². The van der Waals surface area contributed by atoms with Gasteiger partial charge in [-0.1, -0.05) is 24.3 Å². The number of hydrogen-bond acceptors (Lipinski definition) is 2. The molecule has 1 atom stereocenters. The van der Waals surface area contributed by atoms with Gasteiger partial charge in [-0.3, -0.25) is 4.79 Å². The zero-order valence-electron chi connectivity index (χ0n) is 15.5. The maximum atomic E-state index is 12.2. The first-order valence-electron chi connectivity index (χ1n) is 9.93. The number of amides is 1. The number of piperidine rings is 1. The van der Waals surface area contributed by atoms with E-state index in [0.717, 1.165) is 18.0 Å². The fourth-order valence-electron chi connectivity index (χ4n) is 4.13. The Bertz CT molecular complexity index is 587. The monoisotopic (exact) mass is 340 g/mol. The van der Waals surface area contributed by atoms with E-state index in [1.54, 1.807) is 0 Å². The molecule has 3 rings (SSSR count). The highest BCUT2D eigenvalue weighted by atomic mass is 16.1. The lowest BCUT2D eigenvalue weighted by atomic mass is 9.89. The van der Waals surface area contributed by atoms with Crippen molar-refractivity contribution in [2.45, 2.75) is 51.9 Å². The summed E-state index contributed by atoms with van der Waals surface area (Å²) >= 11 is 0. The molecule has 2 aliphatic rings. The number of allylic oxidation sites excluding steroid dienone is 2. The van der Waals surface area contributed by atoms with Crippen molar-refractivity contribution >= 4 is 11.6 Å². The van der Waals surface area contributed by atoms with Crippen molar-refractivity contribution < 1.29 is 4.79 Å². The quantitative estimate of drug-likeness (QED) is 0.756. The second kappa shape index (κ2) is 9.19. The Labute approximate surface area is 152 Å². The number of nitrogens with zero attached hydrogens (tertiary/aromatic N) is 1. The maximum Gasteiger partial charge on any atom is 0.224 e. The Morgan fingerprint density at radius 3 is 2.72 bits per heavy atom. The molecule has 1 aromatic rings. The minimum absolute atomic E-state index is 0.155. The second-order valence-corrected chi connectivity index (χ2v) is 7.85. The molecule has 0 radical (unpaired) electrons. The van der Waals surface area contributed by atoms with E-state index >= 15 is 0 Å². The van der Waals surface area contributed by atoms with Crippen molar-refractivity contribution in [2.24, 2.45) is 11.8 Å². The average molecular weight is 341 g/mol. The fraction of sp³-hybridized carbons (Fsp3) is 0.591. The van der Waals surface area contributed by atoms with E-state index < -0.39 is 0 Å². The third kappa shape index (κ3) is 6.00. The Hall–Kier alpha value is -1.61. The topological polar surface area (TPSA) is 32.3 Å². The van der Waals surface area contributed by atoms with E-state index in [1.807, 2.05) is 31.2 Å². The zero-order chi connectivity index (χ0) is 17.5. The number of likely N-dealkylation sites (tertiary alicyclic amines) is 1. The lowest BCUT2D eigenvalue weighted by Gasteiger charge is -2.34. The minimum Gasteiger partial charge on any atom is -0.326 e. The van der Waals surface area contributed by atoms with Crippen molar-refractivity contribution in [3.05, 3.63) is 42.0 Å². The molecular weight excluding hydrogens is 308 g/mol. The molecule has 1 saturated heterocycles. The molecule has 1 aromatic carbocycles. The first-order chi connectivity index (χ1) is 12.2. The summed E-state index contributed by atoms with van der Waals surface area (Å²) in [5.41, 5.74) is 2.10. The molecule has 0 bridgehead atoms. The number of nitrogens with one attached hydrogen (secondary N) is 1. The van der Waals surface area contributed by atoms with E-state index in [-0.39, 0.29) is 5.91 Å². The molecule has 1 amide bonds. The van der Waals surface area contributed by atoms with Crippen LogP contribution in [0.2, 0.25) is 0 Å². The number of benzene rings is 1. The summed E-state index contributed by atoms with van der Waals surface area (Å²) in [6, 6.07) is 8.02. The minimum atomic E-state index is 0.155. The number of rotatable bonds is 6. The highest BCUT2D eigenvalue weighted by molar-refractivity contribution is 5.90. The van der Waals surface area contributed by atoms with Crippen molar-refractivity contribution in [3.8, 4) is 0 Å². The molecule has 1 aliphatic carbocycles. The summed E-state index contributed by atoms with van der Waals surface area (Å²) in [5.74, 6) is 1.73. The number of aryl methyl sites for hydroxylation is 1. The van der Waals surface area contributed by atoms with E-state index in [4.69, 9.17) is 0 Å². The Balaban J connectivity index is 1.33. The summed E-state index contributed by atoms with van der Waals surface area (Å²) in [6.45, 7) is 5.74. The van der Waals surface area contributed by atoms with Gasteiger partial charge in [0.05, 0.1) is 0 Å². The average Bonchev–Trinajstić information content (AvgIpc) is 2.62. The summed E-state index contributed by atoms with van der Waals surface area (Å²) < 4.78 is 0. The van der Waals surface area contributed by atoms with Crippen LogP contribution in [-0.2, 0) is 4.79 Å². The van der Waals surface area contributed by atoms with Gasteiger partial charge in [0.1, 0.15) is 0 Å². The largest absolute Gasteiger partial charge is 0.326 e. The molecule has 0 spiro atoms. The molecule has 1 heterocycles. The predicted octanol–water partition coefficient (Wildman–Crippen LogP) is 4.78. The van der Waals surface area contributed by atoms with Gasteiger partial charge in [-0.15, -0.1) is 0 Å². The van der Waals surface area contributed by atoms with Gasteiger partial charge in [-0.25, -0.2) is 0 Å². The summed E-state index contributed by atoms with van der Waals surface area (Å²) in [4.78, 5) is 14.8. The molecule has 0 saturated carbocycles. The smallest absolute Gasteiger partial charge is 0.224 e. The molecule has 1 fully saturated rings. The Kier molecular flexibility index (Phi) is 6.69. The normalized spacial score (nSPS) is 22.0. The van der Waals surface area contributed by atoms with Crippen LogP contribution in [-0.4, -0.2) is 30.4 Å². The van der Waals surface area contributed by atoms with Crippen LogP contribution in [0.15, 0.2) is 36.4 Å². The van der Waals surface area contributed by atoms with Crippen molar-refractivity contribution in [1.82, 2.24) is 4.90 Å². The van der Waals surface area contributed by atoms with Gasteiger partial charge in [0.25, 0.3) is 0 Å². The summed E-state index contributed by atoms with van der Waals surface area (Å²) in [7, 11) is 0. The highest BCUT2D eigenvalue weighted by Crippen LogP contribution is 2.25. The molecule has 3 nitrogen and oxygen atoms in total. The Morgan fingerprint density at radius 1 is 1.16 bits per heavy atom. The number of hydrogen-bond donors (Lipinski definition) is 1. The zero-order valence-corrected chi connectivity index (χ0v) is 15.5. The van der Waals surface area contributed by atoms with E-state index in [1.165, 1.54) is 57.3 Å². The molecule has 0 aromatic heterocycles. The third-order valence-corrected chi connectivity index (χ3v) is 5.68. The number of carbonyl (C=O) groups is 1. The van der Waals surface area contributed by atoms with Crippen LogP contribution in [0.4, 0.5) is 5.69 Å². The first-order valence-corrected chi connectivity index (χ1v) is 9.93.